The molecule has 0 saturated heterocycles. The lowest BCUT2D eigenvalue weighted by atomic mass is 10.1. The van der Waals surface area contributed by atoms with E-state index >= 15 is 0 Å². The van der Waals surface area contributed by atoms with Gasteiger partial charge in [0.1, 0.15) is 5.82 Å². The molecule has 0 bridgehead atoms. The van der Waals surface area contributed by atoms with Crippen LogP contribution in [0.2, 0.25) is 0 Å². The molecule has 4 aromatic rings. The summed E-state index contributed by atoms with van der Waals surface area (Å²) in [5.74, 6) is -0.0846. The molecule has 0 fully saturated rings. The van der Waals surface area contributed by atoms with Gasteiger partial charge in [-0.3, -0.25) is 4.79 Å². The van der Waals surface area contributed by atoms with E-state index in [0.717, 1.165) is 0 Å². The Morgan fingerprint density at radius 3 is 2.48 bits per heavy atom. The number of hydrogen-bond donors (Lipinski definition) is 1. The van der Waals surface area contributed by atoms with Crippen LogP contribution >= 0.6 is 0 Å². The molecule has 1 heterocycles. The fourth-order valence-corrected chi connectivity index (χ4v) is 2.60. The van der Waals surface area contributed by atoms with Gasteiger partial charge in [-0.2, -0.15) is 4.98 Å². The van der Waals surface area contributed by atoms with Crippen molar-refractivity contribution in [3.8, 4) is 22.8 Å². The molecule has 0 aliphatic rings. The minimum atomic E-state index is -0.376. The van der Waals surface area contributed by atoms with E-state index in [1.807, 2.05) is 30.3 Å². The quantitative estimate of drug-likeness (QED) is 0.568. The molecule has 0 unspecified atom stereocenters. The molecule has 132 valence electrons. The molecule has 0 radical (unpaired) electrons. The van der Waals surface area contributed by atoms with Crippen molar-refractivity contribution in [3.63, 3.8) is 0 Å². The Morgan fingerprint density at radius 1 is 0.889 bits per heavy atom. The average Bonchev–Trinajstić information content (AvgIpc) is 3.19. The van der Waals surface area contributed by atoms with Gasteiger partial charge in [0.05, 0.1) is 0 Å². The van der Waals surface area contributed by atoms with Gasteiger partial charge in [0, 0.05) is 22.4 Å². The Bertz CT molecular complexity index is 1090. The van der Waals surface area contributed by atoms with Gasteiger partial charge in [-0.15, -0.1) is 0 Å². The third-order valence-electron chi connectivity index (χ3n) is 3.91. The van der Waals surface area contributed by atoms with Crippen molar-refractivity contribution < 1.29 is 13.7 Å². The molecule has 0 saturated carbocycles. The van der Waals surface area contributed by atoms with Crippen LogP contribution in [-0.4, -0.2) is 16.0 Å². The summed E-state index contributed by atoms with van der Waals surface area (Å²) in [4.78, 5) is 16.7. The maximum Gasteiger partial charge on any atom is 0.258 e. The van der Waals surface area contributed by atoms with Crippen molar-refractivity contribution in [1.29, 1.82) is 0 Å². The zero-order valence-corrected chi connectivity index (χ0v) is 14.1. The Labute approximate surface area is 154 Å². The van der Waals surface area contributed by atoms with Crippen molar-refractivity contribution in [2.24, 2.45) is 0 Å². The highest BCUT2D eigenvalue weighted by molar-refractivity contribution is 6.04. The number of nitrogens with one attached hydrogen (secondary N) is 1. The third kappa shape index (κ3) is 3.74. The SMILES string of the molecule is O=C(Nc1ccccc1)c1cccc(-c2nc(-c3cccc(F)c3)no2)c1. The maximum atomic E-state index is 13.4. The first-order valence-electron chi connectivity index (χ1n) is 8.25. The fourth-order valence-electron chi connectivity index (χ4n) is 2.60. The molecule has 1 aromatic heterocycles. The van der Waals surface area contributed by atoms with E-state index in [4.69, 9.17) is 4.52 Å². The normalized spacial score (nSPS) is 10.6. The van der Waals surface area contributed by atoms with Crippen molar-refractivity contribution >= 4 is 11.6 Å². The van der Waals surface area contributed by atoms with Gasteiger partial charge in [0.2, 0.25) is 5.82 Å². The molecule has 0 spiro atoms. The van der Waals surface area contributed by atoms with Crippen LogP contribution in [0.5, 0.6) is 0 Å². The van der Waals surface area contributed by atoms with Crippen LogP contribution in [0.15, 0.2) is 83.4 Å². The van der Waals surface area contributed by atoms with E-state index in [1.165, 1.54) is 12.1 Å². The molecule has 3 aromatic carbocycles. The summed E-state index contributed by atoms with van der Waals surface area (Å²) in [6, 6.07) is 22.0. The number of nitrogens with zero attached hydrogens (tertiary/aromatic N) is 2. The summed E-state index contributed by atoms with van der Waals surface area (Å²) >= 11 is 0. The number of rotatable bonds is 4. The average molecular weight is 359 g/mol. The number of aromatic nitrogens is 2. The zero-order chi connectivity index (χ0) is 18.6. The van der Waals surface area contributed by atoms with Crippen LogP contribution in [0, 0.1) is 5.82 Å². The molecule has 0 atom stereocenters. The summed E-state index contributed by atoms with van der Waals surface area (Å²) in [6.07, 6.45) is 0. The van der Waals surface area contributed by atoms with Gasteiger partial charge in [-0.05, 0) is 42.5 Å². The Hall–Kier alpha value is -3.80. The van der Waals surface area contributed by atoms with Gasteiger partial charge in [0.25, 0.3) is 11.8 Å². The highest BCUT2D eigenvalue weighted by Gasteiger charge is 2.13. The van der Waals surface area contributed by atoms with Crippen molar-refractivity contribution in [1.82, 2.24) is 10.1 Å². The number of para-hydroxylation sites is 1. The second-order valence-corrected chi connectivity index (χ2v) is 5.83. The Morgan fingerprint density at radius 2 is 1.67 bits per heavy atom. The predicted octanol–water partition coefficient (Wildman–Crippen LogP) is 4.80. The first-order valence-corrected chi connectivity index (χ1v) is 8.25. The summed E-state index contributed by atoms with van der Waals surface area (Å²) < 4.78 is 18.7. The largest absolute Gasteiger partial charge is 0.334 e. The van der Waals surface area contributed by atoms with Crippen LogP contribution < -0.4 is 5.32 Å². The van der Waals surface area contributed by atoms with Gasteiger partial charge in [-0.1, -0.05) is 41.6 Å². The number of amides is 1. The Balaban J connectivity index is 1.59. The van der Waals surface area contributed by atoms with Crippen molar-refractivity contribution in [2.75, 3.05) is 5.32 Å². The van der Waals surface area contributed by atoms with Crippen LogP contribution in [0.25, 0.3) is 22.8 Å². The number of benzene rings is 3. The third-order valence-corrected chi connectivity index (χ3v) is 3.91. The Kier molecular flexibility index (Phi) is 4.45. The van der Waals surface area contributed by atoms with Gasteiger partial charge in [0.15, 0.2) is 0 Å². The smallest absolute Gasteiger partial charge is 0.258 e. The number of anilines is 1. The molecule has 4 rings (SSSR count). The first-order chi connectivity index (χ1) is 13.2. The first kappa shape index (κ1) is 16.7. The summed E-state index contributed by atoms with van der Waals surface area (Å²) in [5, 5.41) is 6.72. The molecule has 1 amide bonds. The van der Waals surface area contributed by atoms with E-state index in [0.29, 0.717) is 22.4 Å². The standard InChI is InChI=1S/C21H14FN3O2/c22-17-9-5-6-14(13-17)19-24-21(27-25-19)16-8-4-7-15(12-16)20(26)23-18-10-2-1-3-11-18/h1-13H,(H,23,26). The lowest BCUT2D eigenvalue weighted by molar-refractivity contribution is 0.102. The number of halogens is 1. The topological polar surface area (TPSA) is 68.0 Å². The predicted molar refractivity (Wildman–Crippen MR) is 99.5 cm³/mol. The minimum absolute atomic E-state index is 0.243. The molecule has 5 nitrogen and oxygen atoms in total. The number of carbonyl (C=O) groups is 1. The molecule has 1 N–H and O–H groups in total. The van der Waals surface area contributed by atoms with Crippen LogP contribution in [0.3, 0.4) is 0 Å². The fraction of sp³-hybridized carbons (Fsp3) is 0. The molecular formula is C21H14FN3O2. The second-order valence-electron chi connectivity index (χ2n) is 5.83. The van der Waals surface area contributed by atoms with E-state index in [1.54, 1.807) is 36.4 Å². The van der Waals surface area contributed by atoms with Gasteiger partial charge >= 0.3 is 0 Å². The molecular weight excluding hydrogens is 345 g/mol. The van der Waals surface area contributed by atoms with Crippen molar-refractivity contribution in [2.45, 2.75) is 0 Å². The monoisotopic (exact) mass is 359 g/mol. The van der Waals surface area contributed by atoms with Crippen LogP contribution in [-0.2, 0) is 0 Å². The highest BCUT2D eigenvalue weighted by atomic mass is 19.1. The van der Waals surface area contributed by atoms with Gasteiger partial charge < -0.3 is 9.84 Å². The zero-order valence-electron chi connectivity index (χ0n) is 14.1. The van der Waals surface area contributed by atoms with Crippen LogP contribution in [0.4, 0.5) is 10.1 Å². The maximum absolute atomic E-state index is 13.4. The molecule has 27 heavy (non-hydrogen) atoms. The number of carbonyl (C=O) groups excluding carboxylic acids is 1. The van der Waals surface area contributed by atoms with Crippen molar-refractivity contribution in [3.05, 3.63) is 90.2 Å². The summed E-state index contributed by atoms with van der Waals surface area (Å²) in [5.41, 5.74) is 2.29. The molecule has 0 aliphatic heterocycles. The van der Waals surface area contributed by atoms with E-state index < -0.39 is 0 Å². The van der Waals surface area contributed by atoms with E-state index in [2.05, 4.69) is 15.5 Å². The highest BCUT2D eigenvalue weighted by Crippen LogP contribution is 2.23. The van der Waals surface area contributed by atoms with Crippen LogP contribution in [0.1, 0.15) is 10.4 Å². The van der Waals surface area contributed by atoms with E-state index in [-0.39, 0.29) is 23.4 Å². The summed E-state index contributed by atoms with van der Waals surface area (Å²) in [6.45, 7) is 0. The minimum Gasteiger partial charge on any atom is -0.334 e. The van der Waals surface area contributed by atoms with E-state index in [9.17, 15) is 9.18 Å². The second kappa shape index (κ2) is 7.21. The van der Waals surface area contributed by atoms with Gasteiger partial charge in [-0.25, -0.2) is 4.39 Å². The molecule has 0 aliphatic carbocycles. The number of hydrogen-bond acceptors (Lipinski definition) is 4. The molecule has 6 heteroatoms. The lowest BCUT2D eigenvalue weighted by Gasteiger charge is -2.05. The lowest BCUT2D eigenvalue weighted by Crippen LogP contribution is -2.11. The summed E-state index contributed by atoms with van der Waals surface area (Å²) in [7, 11) is 0.